The summed E-state index contributed by atoms with van der Waals surface area (Å²) in [4.78, 5) is 6.03. The Balaban J connectivity index is 1.66. The summed E-state index contributed by atoms with van der Waals surface area (Å²) in [7, 11) is 0. The molecule has 1 aliphatic rings. The number of H-pyrrole nitrogens is 1. The van der Waals surface area contributed by atoms with Gasteiger partial charge in [-0.15, -0.1) is 0 Å². The average molecular weight is 367 g/mol. The van der Waals surface area contributed by atoms with Crippen LogP contribution in [0.4, 0.5) is 0 Å². The van der Waals surface area contributed by atoms with Gasteiger partial charge in [0.25, 0.3) is 0 Å². The van der Waals surface area contributed by atoms with E-state index in [1.807, 2.05) is 12.1 Å². The monoisotopic (exact) mass is 367 g/mol. The molecule has 0 saturated carbocycles. The summed E-state index contributed by atoms with van der Waals surface area (Å²) < 4.78 is 6.22. The third-order valence-electron chi connectivity index (χ3n) is 5.65. The first-order chi connectivity index (χ1) is 13.2. The molecule has 130 valence electrons. The Hall–Kier alpha value is -2.91. The van der Waals surface area contributed by atoms with E-state index in [0.29, 0.717) is 0 Å². The van der Waals surface area contributed by atoms with E-state index in [-0.39, 0.29) is 0 Å². The molecule has 1 aromatic heterocycles. The van der Waals surface area contributed by atoms with Gasteiger partial charge in [0, 0.05) is 21.7 Å². The van der Waals surface area contributed by atoms with Crippen LogP contribution in [0, 0.1) is 13.8 Å². The predicted octanol–water partition coefficient (Wildman–Crippen LogP) is 7.35. The molecular formula is C24H17NOS. The molecule has 0 fully saturated rings. The number of para-hydroxylation sites is 1. The second-order valence-electron chi connectivity index (χ2n) is 7.21. The molecule has 3 heteroatoms. The van der Waals surface area contributed by atoms with Gasteiger partial charge in [-0.25, -0.2) is 0 Å². The van der Waals surface area contributed by atoms with Crippen molar-refractivity contribution in [2.75, 3.05) is 0 Å². The molecule has 0 amide bonds. The molecule has 27 heavy (non-hydrogen) atoms. The van der Waals surface area contributed by atoms with Crippen LogP contribution in [0.25, 0.3) is 32.6 Å². The highest BCUT2D eigenvalue weighted by Gasteiger charge is 2.19. The number of aromatic amines is 1. The molecule has 0 unspecified atom stereocenters. The van der Waals surface area contributed by atoms with Crippen molar-refractivity contribution in [2.24, 2.45) is 0 Å². The molecule has 1 aliphatic heterocycles. The van der Waals surface area contributed by atoms with Gasteiger partial charge in [0.05, 0.1) is 15.3 Å². The molecule has 0 spiro atoms. The van der Waals surface area contributed by atoms with Crippen molar-refractivity contribution in [2.45, 2.75) is 23.6 Å². The lowest BCUT2D eigenvalue weighted by molar-refractivity contribution is 0.455. The Labute approximate surface area is 161 Å². The van der Waals surface area contributed by atoms with Crippen molar-refractivity contribution in [3.63, 3.8) is 0 Å². The van der Waals surface area contributed by atoms with Crippen molar-refractivity contribution in [1.29, 1.82) is 0 Å². The fourth-order valence-electron chi connectivity index (χ4n) is 4.03. The molecule has 4 aromatic carbocycles. The van der Waals surface area contributed by atoms with Crippen LogP contribution in [0.1, 0.15) is 11.1 Å². The smallest absolute Gasteiger partial charge is 0.142 e. The number of nitrogens with one attached hydrogen (secondary N) is 1. The van der Waals surface area contributed by atoms with Gasteiger partial charge in [-0.3, -0.25) is 0 Å². The lowest BCUT2D eigenvalue weighted by Gasteiger charge is -2.20. The molecular weight excluding hydrogens is 350 g/mol. The second-order valence-corrected chi connectivity index (χ2v) is 8.30. The summed E-state index contributed by atoms with van der Waals surface area (Å²) in [5.74, 6) is 1.87. The van der Waals surface area contributed by atoms with E-state index in [9.17, 15) is 0 Å². The summed E-state index contributed by atoms with van der Waals surface area (Å²) in [5, 5.41) is 5.00. The van der Waals surface area contributed by atoms with Gasteiger partial charge in [0.2, 0.25) is 0 Å². The van der Waals surface area contributed by atoms with Crippen LogP contribution >= 0.6 is 11.8 Å². The van der Waals surface area contributed by atoms with Gasteiger partial charge in [-0.1, -0.05) is 48.2 Å². The normalized spacial score (nSPS) is 13.0. The van der Waals surface area contributed by atoms with Crippen LogP contribution in [0.5, 0.6) is 11.5 Å². The molecule has 2 heterocycles. The van der Waals surface area contributed by atoms with Crippen LogP contribution in [0.2, 0.25) is 0 Å². The predicted molar refractivity (Wildman–Crippen MR) is 113 cm³/mol. The average Bonchev–Trinajstić information content (AvgIpc) is 3.07. The highest BCUT2D eigenvalue weighted by molar-refractivity contribution is 7.99. The van der Waals surface area contributed by atoms with Crippen molar-refractivity contribution in [1.82, 2.24) is 4.98 Å². The number of aryl methyl sites for hydroxylation is 2. The standard InChI is InChI=1S/C24H17NOS/c1-13-7-9-16-17-10-8-15-11-22-20(26-19-5-3-4-6-21(19)27-22)12-18(15)24(17)25-23(16)14(13)2/h3-12,25H,1-2H3. The van der Waals surface area contributed by atoms with Gasteiger partial charge < -0.3 is 9.72 Å². The van der Waals surface area contributed by atoms with Gasteiger partial charge in [-0.2, -0.15) is 0 Å². The molecule has 0 atom stereocenters. The highest BCUT2D eigenvalue weighted by Crippen LogP contribution is 2.49. The van der Waals surface area contributed by atoms with Crippen molar-refractivity contribution in [3.05, 3.63) is 71.8 Å². The van der Waals surface area contributed by atoms with E-state index < -0.39 is 0 Å². The summed E-state index contributed by atoms with van der Waals surface area (Å²) >= 11 is 1.78. The van der Waals surface area contributed by atoms with Gasteiger partial charge in [0.15, 0.2) is 0 Å². The van der Waals surface area contributed by atoms with Gasteiger partial charge in [0.1, 0.15) is 11.5 Å². The van der Waals surface area contributed by atoms with Gasteiger partial charge in [-0.05, 0) is 54.6 Å². The van der Waals surface area contributed by atoms with Crippen LogP contribution in [0.15, 0.2) is 70.5 Å². The number of aromatic nitrogens is 1. The number of fused-ring (bicyclic) bond motifs is 7. The Bertz CT molecular complexity index is 1400. The molecule has 0 bridgehead atoms. The molecule has 6 rings (SSSR count). The maximum Gasteiger partial charge on any atom is 0.142 e. The Morgan fingerprint density at radius 2 is 1.56 bits per heavy atom. The van der Waals surface area contributed by atoms with Crippen molar-refractivity contribution >= 4 is 44.3 Å². The Kier molecular flexibility index (Phi) is 2.98. The second kappa shape index (κ2) is 5.30. The number of hydrogen-bond donors (Lipinski definition) is 1. The third kappa shape index (κ3) is 2.09. The summed E-state index contributed by atoms with van der Waals surface area (Å²) in [6, 6.07) is 21.5. The van der Waals surface area contributed by atoms with E-state index in [0.717, 1.165) is 11.5 Å². The minimum Gasteiger partial charge on any atom is -0.455 e. The largest absolute Gasteiger partial charge is 0.455 e. The molecule has 0 radical (unpaired) electrons. The highest BCUT2D eigenvalue weighted by atomic mass is 32.2. The van der Waals surface area contributed by atoms with E-state index >= 15 is 0 Å². The summed E-state index contributed by atoms with van der Waals surface area (Å²) in [6.45, 7) is 4.35. The van der Waals surface area contributed by atoms with E-state index in [1.165, 1.54) is 53.5 Å². The fourth-order valence-corrected chi connectivity index (χ4v) is 5.01. The molecule has 2 nitrogen and oxygen atoms in total. The Morgan fingerprint density at radius 3 is 2.48 bits per heavy atom. The van der Waals surface area contributed by atoms with Gasteiger partial charge >= 0.3 is 0 Å². The first kappa shape index (κ1) is 15.2. The number of benzene rings is 4. The van der Waals surface area contributed by atoms with E-state index in [1.54, 1.807) is 11.8 Å². The van der Waals surface area contributed by atoms with Crippen LogP contribution in [0.3, 0.4) is 0 Å². The van der Waals surface area contributed by atoms with Crippen molar-refractivity contribution < 1.29 is 4.74 Å². The van der Waals surface area contributed by atoms with Crippen LogP contribution in [-0.2, 0) is 0 Å². The Morgan fingerprint density at radius 1 is 0.741 bits per heavy atom. The first-order valence-corrected chi connectivity index (χ1v) is 9.94. The zero-order valence-electron chi connectivity index (χ0n) is 15.1. The molecule has 1 N–H and O–H groups in total. The number of hydrogen-bond acceptors (Lipinski definition) is 2. The topological polar surface area (TPSA) is 25.0 Å². The molecule has 5 aromatic rings. The number of ether oxygens (including phenoxy) is 1. The van der Waals surface area contributed by atoms with E-state index in [2.05, 4.69) is 67.4 Å². The maximum absolute atomic E-state index is 6.22. The van der Waals surface area contributed by atoms with Crippen molar-refractivity contribution in [3.8, 4) is 11.5 Å². The quantitative estimate of drug-likeness (QED) is 0.304. The zero-order chi connectivity index (χ0) is 18.1. The lowest BCUT2D eigenvalue weighted by atomic mass is 10.0. The number of rotatable bonds is 0. The third-order valence-corrected chi connectivity index (χ3v) is 6.75. The van der Waals surface area contributed by atoms with Crippen LogP contribution < -0.4 is 4.74 Å². The summed E-state index contributed by atoms with van der Waals surface area (Å²) in [5.41, 5.74) is 5.05. The molecule has 0 aliphatic carbocycles. The summed E-state index contributed by atoms with van der Waals surface area (Å²) in [6.07, 6.45) is 0. The van der Waals surface area contributed by atoms with Crippen LogP contribution in [-0.4, -0.2) is 4.98 Å². The SMILES string of the molecule is Cc1ccc2c([nH]c3c4cc5c(cc4ccc23)Sc2ccccc2O5)c1C. The minimum absolute atomic E-state index is 0.935. The lowest BCUT2D eigenvalue weighted by Crippen LogP contribution is -1.94. The molecule has 0 saturated heterocycles. The van der Waals surface area contributed by atoms with E-state index in [4.69, 9.17) is 4.74 Å². The minimum atomic E-state index is 0.935. The maximum atomic E-state index is 6.22. The zero-order valence-corrected chi connectivity index (χ0v) is 15.9. The first-order valence-electron chi connectivity index (χ1n) is 9.12. The fraction of sp³-hybridized carbons (Fsp3) is 0.0833.